The quantitative estimate of drug-likeness (QED) is 0.867. The second-order valence-corrected chi connectivity index (χ2v) is 6.76. The maximum Gasteiger partial charge on any atom is 0.225 e. The number of morpholine rings is 1. The summed E-state index contributed by atoms with van der Waals surface area (Å²) in [7, 11) is -3.37. The zero-order valence-corrected chi connectivity index (χ0v) is 11.9. The van der Waals surface area contributed by atoms with Crippen molar-refractivity contribution in [3.63, 3.8) is 0 Å². The van der Waals surface area contributed by atoms with E-state index in [2.05, 4.69) is 4.83 Å². The summed E-state index contributed by atoms with van der Waals surface area (Å²) in [4.78, 5) is 2.62. The van der Waals surface area contributed by atoms with Gasteiger partial charge in [-0.1, -0.05) is 18.2 Å². The molecule has 0 saturated carbocycles. The van der Waals surface area contributed by atoms with Crippen LogP contribution in [-0.4, -0.2) is 52.1 Å². The second-order valence-electron chi connectivity index (χ2n) is 5.02. The van der Waals surface area contributed by atoms with Crippen LogP contribution in [0, 0.1) is 0 Å². The van der Waals surface area contributed by atoms with E-state index in [1.165, 1.54) is 0 Å². The van der Waals surface area contributed by atoms with Crippen LogP contribution < -0.4 is 9.57 Å². The summed E-state index contributed by atoms with van der Waals surface area (Å²) in [5.41, 5.74) is 0.972. The minimum atomic E-state index is -3.37. The van der Waals surface area contributed by atoms with E-state index >= 15 is 0 Å². The molecule has 1 aromatic rings. The van der Waals surface area contributed by atoms with Crippen molar-refractivity contribution in [2.75, 3.05) is 38.7 Å². The van der Waals surface area contributed by atoms with E-state index in [4.69, 9.17) is 9.47 Å². The molecule has 1 saturated heterocycles. The van der Waals surface area contributed by atoms with Gasteiger partial charge in [0.25, 0.3) is 0 Å². The van der Waals surface area contributed by atoms with Gasteiger partial charge in [-0.25, -0.2) is 13.4 Å². The zero-order chi connectivity index (χ0) is 14.0. The molecule has 2 heterocycles. The predicted molar refractivity (Wildman–Crippen MR) is 74.0 cm³/mol. The van der Waals surface area contributed by atoms with Gasteiger partial charge in [-0.3, -0.25) is 0 Å². The van der Waals surface area contributed by atoms with Crippen molar-refractivity contribution in [1.29, 1.82) is 0 Å². The van der Waals surface area contributed by atoms with E-state index in [0.717, 1.165) is 11.3 Å². The lowest BCUT2D eigenvalue weighted by atomic mass is 10.0. The standard InChI is InChI=1S/C13H18N2O4S/c16-20(17,14-15-5-7-18-8-6-15)10-11-9-19-13-4-2-1-3-12(11)13/h1-4,11,14H,5-10H2. The molecule has 0 aliphatic carbocycles. The maximum atomic E-state index is 12.2. The number of rotatable bonds is 4. The van der Waals surface area contributed by atoms with Gasteiger partial charge < -0.3 is 9.47 Å². The number of hydrazine groups is 1. The molecule has 6 nitrogen and oxygen atoms in total. The molecule has 0 aromatic heterocycles. The first kappa shape index (κ1) is 13.8. The SMILES string of the molecule is O=S(=O)(CC1COc2ccccc21)NN1CCOCC1. The Morgan fingerprint density at radius 1 is 1.25 bits per heavy atom. The Bertz CT molecular complexity index is 569. The highest BCUT2D eigenvalue weighted by Crippen LogP contribution is 2.34. The molecule has 1 aromatic carbocycles. The molecule has 1 unspecified atom stereocenters. The van der Waals surface area contributed by atoms with Crippen molar-refractivity contribution in [1.82, 2.24) is 9.84 Å². The van der Waals surface area contributed by atoms with E-state index in [-0.39, 0.29) is 11.7 Å². The highest BCUT2D eigenvalue weighted by molar-refractivity contribution is 7.89. The Morgan fingerprint density at radius 3 is 2.80 bits per heavy atom. The highest BCUT2D eigenvalue weighted by atomic mass is 32.2. The van der Waals surface area contributed by atoms with Crippen molar-refractivity contribution in [2.24, 2.45) is 0 Å². The molecule has 0 bridgehead atoms. The third kappa shape index (κ3) is 3.12. The summed E-state index contributed by atoms with van der Waals surface area (Å²) >= 11 is 0. The Morgan fingerprint density at radius 2 is 2.00 bits per heavy atom. The van der Waals surface area contributed by atoms with E-state index in [0.29, 0.717) is 32.9 Å². The molecular weight excluding hydrogens is 280 g/mol. The summed E-state index contributed by atoms with van der Waals surface area (Å²) in [6.45, 7) is 2.69. The fraction of sp³-hybridized carbons (Fsp3) is 0.538. The molecule has 1 fully saturated rings. The van der Waals surface area contributed by atoms with Crippen molar-refractivity contribution in [3.8, 4) is 5.75 Å². The first-order valence-corrected chi connectivity index (χ1v) is 8.34. The van der Waals surface area contributed by atoms with E-state index in [1.54, 1.807) is 5.01 Å². The molecule has 7 heteroatoms. The van der Waals surface area contributed by atoms with Gasteiger partial charge >= 0.3 is 0 Å². The predicted octanol–water partition coefficient (Wildman–Crippen LogP) is 0.329. The van der Waals surface area contributed by atoms with Gasteiger partial charge in [-0.2, -0.15) is 0 Å². The lowest BCUT2D eigenvalue weighted by molar-refractivity contribution is 0.0272. The number of sulfonamides is 1. The minimum Gasteiger partial charge on any atom is -0.493 e. The van der Waals surface area contributed by atoms with Crippen LogP contribution >= 0.6 is 0 Å². The number of nitrogens with one attached hydrogen (secondary N) is 1. The number of hydrogen-bond donors (Lipinski definition) is 1. The molecule has 2 aliphatic rings. The maximum absolute atomic E-state index is 12.2. The second kappa shape index (κ2) is 5.69. The van der Waals surface area contributed by atoms with Crippen molar-refractivity contribution >= 4 is 10.0 Å². The van der Waals surface area contributed by atoms with Gasteiger partial charge in [0.1, 0.15) is 5.75 Å². The summed E-state index contributed by atoms with van der Waals surface area (Å²) in [6.07, 6.45) is 0. The van der Waals surface area contributed by atoms with Crippen LogP contribution in [0.3, 0.4) is 0 Å². The third-order valence-electron chi connectivity index (χ3n) is 3.50. The van der Waals surface area contributed by atoms with E-state index in [9.17, 15) is 8.42 Å². The van der Waals surface area contributed by atoms with Crippen molar-refractivity contribution in [3.05, 3.63) is 29.8 Å². The Balaban J connectivity index is 1.65. The molecule has 2 aliphatic heterocycles. The monoisotopic (exact) mass is 298 g/mol. The summed E-state index contributed by atoms with van der Waals surface area (Å²) in [5.74, 6) is 0.727. The number of fused-ring (bicyclic) bond motifs is 1. The van der Waals surface area contributed by atoms with Crippen LogP contribution in [0.5, 0.6) is 5.75 Å². The number of hydrogen-bond acceptors (Lipinski definition) is 5. The van der Waals surface area contributed by atoms with Gasteiger partial charge in [-0.15, -0.1) is 4.83 Å². The van der Waals surface area contributed by atoms with Crippen LogP contribution in [-0.2, 0) is 14.8 Å². The van der Waals surface area contributed by atoms with Gasteiger partial charge in [0, 0.05) is 24.6 Å². The van der Waals surface area contributed by atoms with E-state index in [1.807, 2.05) is 24.3 Å². The van der Waals surface area contributed by atoms with Crippen LogP contribution in [0.15, 0.2) is 24.3 Å². The molecule has 0 radical (unpaired) electrons. The van der Waals surface area contributed by atoms with Crippen LogP contribution in [0.4, 0.5) is 0 Å². The van der Waals surface area contributed by atoms with Crippen molar-refractivity contribution < 1.29 is 17.9 Å². The molecule has 20 heavy (non-hydrogen) atoms. The number of ether oxygens (including phenoxy) is 2. The van der Waals surface area contributed by atoms with E-state index < -0.39 is 10.0 Å². The summed E-state index contributed by atoms with van der Waals surface area (Å²) in [6, 6.07) is 7.60. The molecule has 1 atom stereocenters. The Labute approximate surface area is 118 Å². The largest absolute Gasteiger partial charge is 0.493 e. The fourth-order valence-corrected chi connectivity index (χ4v) is 3.98. The lowest BCUT2D eigenvalue weighted by Crippen LogP contribution is -2.49. The zero-order valence-electron chi connectivity index (χ0n) is 11.1. The fourth-order valence-electron chi connectivity index (χ4n) is 2.52. The average Bonchev–Trinajstić information content (AvgIpc) is 2.82. The van der Waals surface area contributed by atoms with Crippen molar-refractivity contribution in [2.45, 2.75) is 5.92 Å². The third-order valence-corrected chi connectivity index (χ3v) is 4.88. The smallest absolute Gasteiger partial charge is 0.225 e. The molecule has 1 N–H and O–H groups in total. The lowest BCUT2D eigenvalue weighted by Gasteiger charge is -2.27. The molecule has 0 amide bonds. The van der Waals surface area contributed by atoms with Gasteiger partial charge in [0.2, 0.25) is 10.0 Å². The van der Waals surface area contributed by atoms with Gasteiger partial charge in [0.15, 0.2) is 0 Å². The topological polar surface area (TPSA) is 67.9 Å². The first-order valence-electron chi connectivity index (χ1n) is 6.68. The molecule has 110 valence electrons. The van der Waals surface area contributed by atoms with Crippen LogP contribution in [0.1, 0.15) is 11.5 Å². The van der Waals surface area contributed by atoms with Gasteiger partial charge in [-0.05, 0) is 6.07 Å². The van der Waals surface area contributed by atoms with Crippen LogP contribution in [0.2, 0.25) is 0 Å². The summed E-state index contributed by atoms with van der Waals surface area (Å²) in [5, 5.41) is 1.69. The highest BCUT2D eigenvalue weighted by Gasteiger charge is 2.29. The molecule has 0 spiro atoms. The normalized spacial score (nSPS) is 23.3. The van der Waals surface area contributed by atoms with Crippen LogP contribution in [0.25, 0.3) is 0 Å². The molecule has 3 rings (SSSR count). The number of nitrogens with zero attached hydrogens (tertiary/aromatic N) is 1. The number of benzene rings is 1. The Hall–Kier alpha value is -1.15. The molecular formula is C13H18N2O4S. The first-order chi connectivity index (χ1) is 9.64. The number of para-hydroxylation sites is 1. The minimum absolute atomic E-state index is 0.0430. The Kier molecular flexibility index (Phi) is 3.93. The van der Waals surface area contributed by atoms with Gasteiger partial charge in [0.05, 0.1) is 25.6 Å². The average molecular weight is 298 g/mol. The summed E-state index contributed by atoms with van der Waals surface area (Å²) < 4.78 is 35.1.